The minimum atomic E-state index is -0.336. The van der Waals surface area contributed by atoms with Crippen molar-refractivity contribution in [1.82, 2.24) is 15.4 Å². The van der Waals surface area contributed by atoms with Gasteiger partial charge in [0.25, 0.3) is 5.91 Å². The summed E-state index contributed by atoms with van der Waals surface area (Å²) in [5, 5.41) is 14.1. The van der Waals surface area contributed by atoms with E-state index in [0.29, 0.717) is 11.6 Å². The molecular weight excluding hydrogens is 296 g/mol. The van der Waals surface area contributed by atoms with Gasteiger partial charge in [-0.3, -0.25) is 4.79 Å². The van der Waals surface area contributed by atoms with Crippen molar-refractivity contribution in [1.29, 1.82) is 0 Å². The SMILES string of the molecule is CC[C@H](C)c1cc(C(=O)Nc2ccc(-c3nnco3)cc2)on1. The highest BCUT2D eigenvalue weighted by Crippen LogP contribution is 2.21. The third-order valence-corrected chi connectivity index (χ3v) is 3.62. The Morgan fingerprint density at radius 2 is 2.09 bits per heavy atom. The average Bonchev–Trinajstić information content (AvgIpc) is 3.26. The van der Waals surface area contributed by atoms with Crippen molar-refractivity contribution in [2.45, 2.75) is 26.2 Å². The van der Waals surface area contributed by atoms with Gasteiger partial charge < -0.3 is 14.3 Å². The van der Waals surface area contributed by atoms with Crippen LogP contribution >= 0.6 is 0 Å². The topological polar surface area (TPSA) is 94.1 Å². The fourth-order valence-corrected chi connectivity index (χ4v) is 2.02. The van der Waals surface area contributed by atoms with E-state index in [-0.39, 0.29) is 17.6 Å². The molecule has 0 radical (unpaired) electrons. The predicted octanol–water partition coefficient (Wildman–Crippen LogP) is 3.49. The molecular formula is C16H16N4O3. The summed E-state index contributed by atoms with van der Waals surface area (Å²) in [6.07, 6.45) is 2.20. The van der Waals surface area contributed by atoms with E-state index in [1.807, 2.05) is 6.92 Å². The number of hydrogen-bond acceptors (Lipinski definition) is 6. The van der Waals surface area contributed by atoms with Crippen molar-refractivity contribution in [2.75, 3.05) is 5.32 Å². The molecule has 0 fully saturated rings. The summed E-state index contributed by atoms with van der Waals surface area (Å²) in [6.45, 7) is 4.10. The average molecular weight is 312 g/mol. The summed E-state index contributed by atoms with van der Waals surface area (Å²) in [7, 11) is 0. The van der Waals surface area contributed by atoms with Crippen molar-refractivity contribution < 1.29 is 13.7 Å². The van der Waals surface area contributed by atoms with E-state index < -0.39 is 0 Å². The largest absolute Gasteiger partial charge is 0.423 e. The van der Waals surface area contributed by atoms with Crippen LogP contribution in [0.1, 0.15) is 42.4 Å². The van der Waals surface area contributed by atoms with E-state index in [2.05, 4.69) is 27.6 Å². The van der Waals surface area contributed by atoms with Crippen molar-refractivity contribution >= 4 is 11.6 Å². The second-order valence-corrected chi connectivity index (χ2v) is 5.20. The summed E-state index contributed by atoms with van der Waals surface area (Å²) < 4.78 is 10.2. The third-order valence-electron chi connectivity index (χ3n) is 3.62. The summed E-state index contributed by atoms with van der Waals surface area (Å²) in [5.74, 6) is 0.546. The van der Waals surface area contributed by atoms with Gasteiger partial charge in [0.05, 0.1) is 5.69 Å². The number of rotatable bonds is 5. The number of amides is 1. The van der Waals surface area contributed by atoms with Crippen LogP contribution in [0.25, 0.3) is 11.5 Å². The van der Waals surface area contributed by atoms with Crippen LogP contribution in [0.4, 0.5) is 5.69 Å². The Labute approximate surface area is 132 Å². The van der Waals surface area contributed by atoms with Crippen molar-refractivity contribution in [3.63, 3.8) is 0 Å². The minimum Gasteiger partial charge on any atom is -0.423 e. The van der Waals surface area contributed by atoms with Crippen LogP contribution in [-0.2, 0) is 0 Å². The number of aromatic nitrogens is 3. The smallest absolute Gasteiger partial charge is 0.294 e. The number of benzene rings is 1. The van der Waals surface area contributed by atoms with Gasteiger partial charge in [0, 0.05) is 23.2 Å². The van der Waals surface area contributed by atoms with Gasteiger partial charge in [0.2, 0.25) is 18.0 Å². The Hall–Kier alpha value is -2.96. The quantitative estimate of drug-likeness (QED) is 0.775. The summed E-state index contributed by atoms with van der Waals surface area (Å²) >= 11 is 0. The molecule has 2 heterocycles. The third kappa shape index (κ3) is 3.28. The molecule has 7 heteroatoms. The lowest BCUT2D eigenvalue weighted by Crippen LogP contribution is -2.10. The molecule has 0 aliphatic carbocycles. The van der Waals surface area contributed by atoms with Crippen molar-refractivity contribution in [2.24, 2.45) is 0 Å². The van der Waals surface area contributed by atoms with Gasteiger partial charge in [0.15, 0.2) is 0 Å². The standard InChI is InChI=1S/C16H16N4O3/c1-3-10(2)13-8-14(23-20-13)15(21)18-12-6-4-11(5-7-12)16-19-17-9-22-16/h4-10H,3H2,1-2H3,(H,18,21)/t10-/m0/s1. The Balaban J connectivity index is 1.69. The molecule has 0 bridgehead atoms. The van der Waals surface area contributed by atoms with Crippen LogP contribution in [0.5, 0.6) is 0 Å². The van der Waals surface area contributed by atoms with Gasteiger partial charge in [-0.25, -0.2) is 0 Å². The first-order chi connectivity index (χ1) is 11.2. The minimum absolute atomic E-state index is 0.196. The van der Waals surface area contributed by atoms with Crippen LogP contribution < -0.4 is 5.32 Å². The zero-order chi connectivity index (χ0) is 16.2. The molecule has 23 heavy (non-hydrogen) atoms. The summed E-state index contributed by atoms with van der Waals surface area (Å²) in [4.78, 5) is 12.2. The number of hydrogen-bond donors (Lipinski definition) is 1. The van der Waals surface area contributed by atoms with E-state index in [9.17, 15) is 4.79 Å². The van der Waals surface area contributed by atoms with Crippen molar-refractivity contribution in [3.8, 4) is 11.5 Å². The highest BCUT2D eigenvalue weighted by atomic mass is 16.5. The Kier molecular flexibility index (Phi) is 4.18. The van der Waals surface area contributed by atoms with E-state index >= 15 is 0 Å². The van der Waals surface area contributed by atoms with Gasteiger partial charge in [-0.15, -0.1) is 10.2 Å². The van der Waals surface area contributed by atoms with E-state index in [4.69, 9.17) is 8.94 Å². The molecule has 118 valence electrons. The second kappa shape index (κ2) is 6.43. The van der Waals surface area contributed by atoms with E-state index in [1.165, 1.54) is 6.39 Å². The number of anilines is 1. The monoisotopic (exact) mass is 312 g/mol. The molecule has 3 rings (SSSR count). The molecule has 3 aromatic rings. The molecule has 0 aliphatic heterocycles. The predicted molar refractivity (Wildman–Crippen MR) is 82.9 cm³/mol. The molecule has 0 saturated carbocycles. The molecule has 0 saturated heterocycles. The zero-order valence-electron chi connectivity index (χ0n) is 12.8. The van der Waals surface area contributed by atoms with Gasteiger partial charge in [0.1, 0.15) is 0 Å². The first-order valence-electron chi connectivity index (χ1n) is 7.32. The molecule has 1 N–H and O–H groups in total. The number of nitrogens with zero attached hydrogens (tertiary/aromatic N) is 3. The van der Waals surface area contributed by atoms with Crippen LogP contribution in [0.2, 0.25) is 0 Å². The molecule has 1 amide bonds. The first kappa shape index (κ1) is 15.0. The Morgan fingerprint density at radius 3 is 2.74 bits per heavy atom. The lowest BCUT2D eigenvalue weighted by Gasteiger charge is -2.03. The molecule has 0 spiro atoms. The molecule has 0 aliphatic rings. The van der Waals surface area contributed by atoms with E-state index in [1.54, 1.807) is 30.3 Å². The van der Waals surface area contributed by atoms with Gasteiger partial charge in [-0.1, -0.05) is 19.0 Å². The molecule has 1 atom stereocenters. The fraction of sp³-hybridized carbons (Fsp3) is 0.250. The van der Waals surface area contributed by atoms with Gasteiger partial charge in [-0.05, 0) is 30.7 Å². The first-order valence-corrected chi connectivity index (χ1v) is 7.32. The lowest BCUT2D eigenvalue weighted by atomic mass is 10.1. The maximum atomic E-state index is 12.2. The van der Waals surface area contributed by atoms with Crippen LogP contribution in [0.15, 0.2) is 45.7 Å². The van der Waals surface area contributed by atoms with Crippen LogP contribution in [0.3, 0.4) is 0 Å². The summed E-state index contributed by atoms with van der Waals surface area (Å²) in [5.41, 5.74) is 2.20. The Bertz CT molecular complexity index is 778. The highest BCUT2D eigenvalue weighted by Gasteiger charge is 2.16. The fourth-order valence-electron chi connectivity index (χ4n) is 2.02. The molecule has 2 aromatic heterocycles. The van der Waals surface area contributed by atoms with E-state index in [0.717, 1.165) is 17.7 Å². The van der Waals surface area contributed by atoms with Gasteiger partial charge in [-0.2, -0.15) is 0 Å². The number of nitrogens with one attached hydrogen (secondary N) is 1. The lowest BCUT2D eigenvalue weighted by molar-refractivity contribution is 0.0988. The number of carbonyl (C=O) groups is 1. The zero-order valence-corrected chi connectivity index (χ0v) is 12.8. The molecule has 7 nitrogen and oxygen atoms in total. The maximum absolute atomic E-state index is 12.2. The normalized spacial score (nSPS) is 12.1. The van der Waals surface area contributed by atoms with Crippen LogP contribution in [-0.4, -0.2) is 21.3 Å². The summed E-state index contributed by atoms with van der Waals surface area (Å²) in [6, 6.07) is 8.76. The second-order valence-electron chi connectivity index (χ2n) is 5.20. The van der Waals surface area contributed by atoms with Gasteiger partial charge >= 0.3 is 0 Å². The Morgan fingerprint density at radius 1 is 1.30 bits per heavy atom. The number of carbonyl (C=O) groups excluding carboxylic acids is 1. The highest BCUT2D eigenvalue weighted by molar-refractivity contribution is 6.02. The maximum Gasteiger partial charge on any atom is 0.294 e. The molecule has 0 unspecified atom stereocenters. The van der Waals surface area contributed by atoms with Crippen molar-refractivity contribution in [3.05, 3.63) is 48.2 Å². The van der Waals surface area contributed by atoms with Crippen LogP contribution in [0, 0.1) is 0 Å². The molecule has 1 aromatic carbocycles.